The fraction of sp³-hybridized carbons (Fsp3) is 0.185. The van der Waals surface area contributed by atoms with Gasteiger partial charge in [-0.1, -0.05) is 42.0 Å². The maximum absolute atomic E-state index is 12.8. The maximum Gasteiger partial charge on any atom is 0.262 e. The number of rotatable bonds is 7. The minimum atomic E-state index is -0.292. The molecule has 3 aromatic carbocycles. The Morgan fingerprint density at radius 2 is 1.70 bits per heavy atom. The smallest absolute Gasteiger partial charge is 0.262 e. The fourth-order valence-corrected chi connectivity index (χ4v) is 3.74. The van der Waals surface area contributed by atoms with E-state index in [1.165, 1.54) is 0 Å². The molecule has 4 aromatic rings. The molecule has 1 N–H and O–H groups in total. The Morgan fingerprint density at radius 3 is 2.42 bits per heavy atom. The van der Waals surface area contributed by atoms with Gasteiger partial charge in [-0.05, 0) is 49.7 Å². The lowest BCUT2D eigenvalue weighted by molar-refractivity contribution is -0.118. The van der Waals surface area contributed by atoms with Crippen LogP contribution in [-0.4, -0.2) is 31.7 Å². The number of aromatic nitrogens is 1. The van der Waals surface area contributed by atoms with Gasteiger partial charge in [0, 0.05) is 16.6 Å². The standard InChI is InChI=1S/C27H26N2O4/c1-17-9-11-19(12-10-17)26-18(2)28-22-14-13-20(31-3)15-21(22)27(26)33-16-25(30)29-23-7-5-6-8-24(23)32-4/h5-15H,16H2,1-4H3,(H,29,30). The fourth-order valence-electron chi connectivity index (χ4n) is 3.74. The minimum Gasteiger partial charge on any atom is -0.497 e. The summed E-state index contributed by atoms with van der Waals surface area (Å²) in [6.07, 6.45) is 0. The molecule has 0 fully saturated rings. The summed E-state index contributed by atoms with van der Waals surface area (Å²) < 4.78 is 16.9. The molecule has 0 aliphatic carbocycles. The van der Waals surface area contributed by atoms with Crippen LogP contribution < -0.4 is 19.5 Å². The molecule has 0 aliphatic heterocycles. The number of carbonyl (C=O) groups is 1. The number of anilines is 1. The molecule has 4 rings (SSSR count). The Labute approximate surface area is 193 Å². The Balaban J connectivity index is 1.73. The number of nitrogens with one attached hydrogen (secondary N) is 1. The molecular weight excluding hydrogens is 416 g/mol. The second-order valence-corrected chi connectivity index (χ2v) is 7.69. The van der Waals surface area contributed by atoms with Crippen molar-refractivity contribution in [2.75, 3.05) is 26.1 Å². The summed E-state index contributed by atoms with van der Waals surface area (Å²) in [7, 11) is 3.18. The maximum atomic E-state index is 12.8. The molecule has 0 aliphatic rings. The molecule has 33 heavy (non-hydrogen) atoms. The number of benzene rings is 3. The van der Waals surface area contributed by atoms with E-state index in [2.05, 4.69) is 5.32 Å². The van der Waals surface area contributed by atoms with Crippen LogP contribution in [0.25, 0.3) is 22.0 Å². The van der Waals surface area contributed by atoms with Gasteiger partial charge in [-0.2, -0.15) is 0 Å². The summed E-state index contributed by atoms with van der Waals surface area (Å²) in [6.45, 7) is 3.81. The second-order valence-electron chi connectivity index (χ2n) is 7.69. The summed E-state index contributed by atoms with van der Waals surface area (Å²) in [6, 6.07) is 21.0. The molecule has 0 radical (unpaired) electrons. The summed E-state index contributed by atoms with van der Waals surface area (Å²) >= 11 is 0. The van der Waals surface area contributed by atoms with Gasteiger partial charge < -0.3 is 19.5 Å². The number of hydrogen-bond acceptors (Lipinski definition) is 5. The first-order valence-corrected chi connectivity index (χ1v) is 10.6. The Hall–Kier alpha value is -4.06. The first-order chi connectivity index (χ1) is 16.0. The van der Waals surface area contributed by atoms with E-state index in [1.54, 1.807) is 26.4 Å². The number of ether oxygens (including phenoxy) is 3. The Kier molecular flexibility index (Phi) is 6.45. The summed E-state index contributed by atoms with van der Waals surface area (Å²) in [4.78, 5) is 17.5. The first-order valence-electron chi connectivity index (χ1n) is 10.6. The van der Waals surface area contributed by atoms with Crippen molar-refractivity contribution in [1.29, 1.82) is 0 Å². The number of pyridine rings is 1. The van der Waals surface area contributed by atoms with E-state index in [0.29, 0.717) is 22.9 Å². The van der Waals surface area contributed by atoms with Crippen LogP contribution in [0.3, 0.4) is 0 Å². The lowest BCUT2D eigenvalue weighted by atomic mass is 9.99. The van der Waals surface area contributed by atoms with Crippen LogP contribution >= 0.6 is 0 Å². The van der Waals surface area contributed by atoms with Gasteiger partial charge in [0.1, 0.15) is 17.2 Å². The highest BCUT2D eigenvalue weighted by atomic mass is 16.5. The van der Waals surface area contributed by atoms with Gasteiger partial charge >= 0.3 is 0 Å². The molecule has 6 heteroatoms. The van der Waals surface area contributed by atoms with E-state index in [9.17, 15) is 4.79 Å². The van der Waals surface area contributed by atoms with Crippen LogP contribution in [0.5, 0.6) is 17.2 Å². The van der Waals surface area contributed by atoms with Crippen LogP contribution in [0, 0.1) is 13.8 Å². The zero-order valence-electron chi connectivity index (χ0n) is 19.1. The predicted molar refractivity (Wildman–Crippen MR) is 130 cm³/mol. The average molecular weight is 443 g/mol. The summed E-state index contributed by atoms with van der Waals surface area (Å²) in [5.41, 5.74) is 5.15. The molecule has 0 atom stereocenters. The molecule has 168 valence electrons. The van der Waals surface area contributed by atoms with E-state index in [0.717, 1.165) is 33.3 Å². The van der Waals surface area contributed by atoms with Crippen LogP contribution in [0.4, 0.5) is 5.69 Å². The van der Waals surface area contributed by atoms with Crippen LogP contribution in [-0.2, 0) is 4.79 Å². The molecular formula is C27H26N2O4. The van der Waals surface area contributed by atoms with E-state index in [-0.39, 0.29) is 12.5 Å². The third-order valence-electron chi connectivity index (χ3n) is 5.39. The van der Waals surface area contributed by atoms with Gasteiger partial charge in [-0.25, -0.2) is 0 Å². The zero-order chi connectivity index (χ0) is 23.4. The lowest BCUT2D eigenvalue weighted by Crippen LogP contribution is -2.21. The van der Waals surface area contributed by atoms with E-state index < -0.39 is 0 Å². The van der Waals surface area contributed by atoms with Gasteiger partial charge in [0.15, 0.2) is 6.61 Å². The van der Waals surface area contributed by atoms with Crippen molar-refractivity contribution in [1.82, 2.24) is 4.98 Å². The summed E-state index contributed by atoms with van der Waals surface area (Å²) in [5, 5.41) is 3.63. The van der Waals surface area contributed by atoms with Gasteiger partial charge in [0.2, 0.25) is 0 Å². The molecule has 0 saturated carbocycles. The number of para-hydroxylation sites is 2. The third kappa shape index (κ3) is 4.75. The molecule has 0 unspecified atom stereocenters. The topological polar surface area (TPSA) is 69.7 Å². The number of methoxy groups -OCH3 is 2. The van der Waals surface area contributed by atoms with Crippen molar-refractivity contribution in [2.24, 2.45) is 0 Å². The molecule has 1 aromatic heterocycles. The predicted octanol–water partition coefficient (Wildman–Crippen LogP) is 5.55. The van der Waals surface area contributed by atoms with Gasteiger partial charge in [0.05, 0.1) is 25.4 Å². The monoisotopic (exact) mass is 442 g/mol. The van der Waals surface area contributed by atoms with Gasteiger partial charge in [-0.3, -0.25) is 9.78 Å². The van der Waals surface area contributed by atoms with E-state index >= 15 is 0 Å². The van der Waals surface area contributed by atoms with Crippen molar-refractivity contribution in [3.63, 3.8) is 0 Å². The number of amides is 1. The van der Waals surface area contributed by atoms with E-state index in [4.69, 9.17) is 19.2 Å². The second kappa shape index (κ2) is 9.61. The number of hydrogen-bond donors (Lipinski definition) is 1. The first kappa shape index (κ1) is 22.1. The van der Waals surface area contributed by atoms with E-state index in [1.807, 2.05) is 68.4 Å². The number of nitrogens with zero attached hydrogens (tertiary/aromatic N) is 1. The molecule has 0 saturated heterocycles. The van der Waals surface area contributed by atoms with Crippen LogP contribution in [0.15, 0.2) is 66.7 Å². The Morgan fingerprint density at radius 1 is 0.939 bits per heavy atom. The quantitative estimate of drug-likeness (QED) is 0.406. The highest BCUT2D eigenvalue weighted by molar-refractivity contribution is 5.96. The highest BCUT2D eigenvalue weighted by Crippen LogP contribution is 2.39. The largest absolute Gasteiger partial charge is 0.497 e. The van der Waals surface area contributed by atoms with Crippen LogP contribution in [0.1, 0.15) is 11.3 Å². The molecule has 1 heterocycles. The van der Waals surface area contributed by atoms with Crippen molar-refractivity contribution in [3.05, 3.63) is 78.0 Å². The normalized spacial score (nSPS) is 10.7. The SMILES string of the molecule is COc1ccc2nc(C)c(-c3ccc(C)cc3)c(OCC(=O)Nc3ccccc3OC)c2c1. The van der Waals surface area contributed by atoms with Crippen molar-refractivity contribution in [2.45, 2.75) is 13.8 Å². The van der Waals surface area contributed by atoms with Crippen LogP contribution in [0.2, 0.25) is 0 Å². The number of aryl methyl sites for hydroxylation is 2. The molecule has 0 bridgehead atoms. The zero-order valence-corrected chi connectivity index (χ0v) is 19.1. The molecule has 0 spiro atoms. The number of fused-ring (bicyclic) bond motifs is 1. The molecule has 6 nitrogen and oxygen atoms in total. The highest BCUT2D eigenvalue weighted by Gasteiger charge is 2.18. The number of carbonyl (C=O) groups excluding carboxylic acids is 1. The van der Waals surface area contributed by atoms with Crippen molar-refractivity contribution >= 4 is 22.5 Å². The summed E-state index contributed by atoms with van der Waals surface area (Å²) in [5.74, 6) is 1.57. The minimum absolute atomic E-state index is 0.174. The average Bonchev–Trinajstić information content (AvgIpc) is 2.83. The van der Waals surface area contributed by atoms with Crippen molar-refractivity contribution < 1.29 is 19.0 Å². The third-order valence-corrected chi connectivity index (χ3v) is 5.39. The van der Waals surface area contributed by atoms with Crippen molar-refractivity contribution in [3.8, 4) is 28.4 Å². The molecule has 1 amide bonds. The lowest BCUT2D eigenvalue weighted by Gasteiger charge is -2.17. The Bertz CT molecular complexity index is 1300. The van der Waals surface area contributed by atoms with Gasteiger partial charge in [0.25, 0.3) is 5.91 Å². The van der Waals surface area contributed by atoms with Gasteiger partial charge in [-0.15, -0.1) is 0 Å².